The molecule has 1 amide bonds. The van der Waals surface area contributed by atoms with Gasteiger partial charge in [0.15, 0.2) is 0 Å². The molecule has 0 bridgehead atoms. The Bertz CT molecular complexity index is 1030. The number of nitrogens with zero attached hydrogens (tertiary/aromatic N) is 5. The molecule has 6 nitrogen and oxygen atoms in total. The van der Waals surface area contributed by atoms with Crippen molar-refractivity contribution in [1.82, 2.24) is 24.6 Å². The lowest BCUT2D eigenvalue weighted by Gasteiger charge is -2.16. The molecule has 28 heavy (non-hydrogen) atoms. The molecular formula is C21H20FN5O. The second-order valence-electron chi connectivity index (χ2n) is 6.84. The van der Waals surface area contributed by atoms with Crippen molar-refractivity contribution in [1.29, 1.82) is 0 Å². The molecule has 1 aliphatic heterocycles. The second-order valence-corrected chi connectivity index (χ2v) is 6.84. The first kappa shape index (κ1) is 18.0. The molecular weight excluding hydrogens is 357 g/mol. The van der Waals surface area contributed by atoms with Crippen molar-refractivity contribution in [2.75, 3.05) is 13.1 Å². The predicted molar refractivity (Wildman–Crippen MR) is 104 cm³/mol. The van der Waals surface area contributed by atoms with Crippen molar-refractivity contribution in [3.8, 4) is 22.6 Å². The lowest BCUT2D eigenvalue weighted by molar-refractivity contribution is -0.125. The standard InChI is InChI=1S/C21H20FN5O/c1-3-19(28)27-11-8-15(13-27)20-21(17-9-10-26(2)25-17)24-18(12-23-20)14-4-6-16(22)7-5-14/h3-7,9-10,12,15H,1,8,11,13H2,2H3. The number of aryl methyl sites for hydroxylation is 1. The summed E-state index contributed by atoms with van der Waals surface area (Å²) in [5.74, 6) is -0.287. The molecule has 0 aliphatic carbocycles. The molecule has 1 atom stereocenters. The van der Waals surface area contributed by atoms with Gasteiger partial charge in [0.1, 0.15) is 17.2 Å². The lowest BCUT2D eigenvalue weighted by Crippen LogP contribution is -2.26. The number of hydrogen-bond donors (Lipinski definition) is 0. The number of rotatable bonds is 4. The molecule has 0 spiro atoms. The summed E-state index contributed by atoms with van der Waals surface area (Å²) in [7, 11) is 1.85. The molecule has 1 unspecified atom stereocenters. The molecule has 0 N–H and O–H groups in total. The number of likely N-dealkylation sites (tertiary alicyclic amines) is 1. The summed E-state index contributed by atoms with van der Waals surface area (Å²) in [4.78, 5) is 23.2. The zero-order valence-corrected chi connectivity index (χ0v) is 15.5. The highest BCUT2D eigenvalue weighted by Gasteiger charge is 2.30. The Labute approximate surface area is 162 Å². The molecule has 4 rings (SSSR count). The van der Waals surface area contributed by atoms with E-state index in [1.807, 2.05) is 19.3 Å². The van der Waals surface area contributed by atoms with Gasteiger partial charge in [-0.2, -0.15) is 5.10 Å². The third-order valence-corrected chi connectivity index (χ3v) is 4.96. The summed E-state index contributed by atoms with van der Waals surface area (Å²) >= 11 is 0. The van der Waals surface area contributed by atoms with E-state index in [4.69, 9.17) is 9.97 Å². The Morgan fingerprint density at radius 1 is 1.25 bits per heavy atom. The number of hydrogen-bond acceptors (Lipinski definition) is 4. The predicted octanol–water partition coefficient (Wildman–Crippen LogP) is 3.19. The van der Waals surface area contributed by atoms with Gasteiger partial charge in [0.2, 0.25) is 5.91 Å². The van der Waals surface area contributed by atoms with Crippen molar-refractivity contribution >= 4 is 5.91 Å². The van der Waals surface area contributed by atoms with Gasteiger partial charge in [0.05, 0.1) is 17.6 Å². The summed E-state index contributed by atoms with van der Waals surface area (Å²) in [5.41, 5.74) is 3.68. The summed E-state index contributed by atoms with van der Waals surface area (Å²) in [6, 6.07) is 8.06. The minimum atomic E-state index is -0.295. The van der Waals surface area contributed by atoms with Gasteiger partial charge >= 0.3 is 0 Å². The van der Waals surface area contributed by atoms with E-state index in [1.165, 1.54) is 18.2 Å². The van der Waals surface area contributed by atoms with Gasteiger partial charge in [0.25, 0.3) is 0 Å². The van der Waals surface area contributed by atoms with Crippen LogP contribution in [0.1, 0.15) is 18.0 Å². The first-order chi connectivity index (χ1) is 13.5. The number of carbonyl (C=O) groups excluding carboxylic acids is 1. The van der Waals surface area contributed by atoms with E-state index in [0.717, 1.165) is 23.4 Å². The second kappa shape index (κ2) is 7.34. The Kier molecular flexibility index (Phi) is 4.73. The fraction of sp³-hybridized carbons (Fsp3) is 0.238. The number of benzene rings is 1. The zero-order valence-electron chi connectivity index (χ0n) is 15.5. The van der Waals surface area contributed by atoms with Crippen LogP contribution in [0.15, 0.2) is 55.4 Å². The smallest absolute Gasteiger partial charge is 0.245 e. The SMILES string of the molecule is C=CC(=O)N1CCC(c2ncc(-c3ccc(F)cc3)nc2-c2ccn(C)n2)C1. The lowest BCUT2D eigenvalue weighted by atomic mass is 10.0. The average molecular weight is 377 g/mol. The van der Waals surface area contributed by atoms with Gasteiger partial charge in [-0.15, -0.1) is 0 Å². The third-order valence-electron chi connectivity index (χ3n) is 4.96. The van der Waals surface area contributed by atoms with Crippen LogP contribution in [0.3, 0.4) is 0 Å². The highest BCUT2D eigenvalue weighted by atomic mass is 19.1. The maximum Gasteiger partial charge on any atom is 0.245 e. The molecule has 2 aromatic heterocycles. The monoisotopic (exact) mass is 377 g/mol. The van der Waals surface area contributed by atoms with Crippen LogP contribution in [0.25, 0.3) is 22.6 Å². The maximum absolute atomic E-state index is 13.3. The summed E-state index contributed by atoms with van der Waals surface area (Å²) in [5, 5.41) is 4.49. The number of halogens is 1. The van der Waals surface area contributed by atoms with E-state index < -0.39 is 0 Å². The molecule has 1 saturated heterocycles. The highest BCUT2D eigenvalue weighted by Crippen LogP contribution is 2.33. The summed E-state index contributed by atoms with van der Waals surface area (Å²) < 4.78 is 15.0. The molecule has 0 radical (unpaired) electrons. The van der Waals surface area contributed by atoms with Gasteiger partial charge < -0.3 is 4.90 Å². The minimum Gasteiger partial charge on any atom is -0.338 e. The van der Waals surface area contributed by atoms with E-state index in [2.05, 4.69) is 11.7 Å². The molecule has 142 valence electrons. The minimum absolute atomic E-state index is 0.0715. The fourth-order valence-corrected chi connectivity index (χ4v) is 3.50. The van der Waals surface area contributed by atoms with Gasteiger partial charge in [-0.3, -0.25) is 14.5 Å². The molecule has 1 aliphatic rings. The van der Waals surface area contributed by atoms with Crippen LogP contribution in [0.2, 0.25) is 0 Å². The Morgan fingerprint density at radius 3 is 2.71 bits per heavy atom. The quantitative estimate of drug-likeness (QED) is 0.655. The number of carbonyl (C=O) groups is 1. The molecule has 1 aromatic carbocycles. The maximum atomic E-state index is 13.3. The van der Waals surface area contributed by atoms with E-state index in [9.17, 15) is 9.18 Å². The van der Waals surface area contributed by atoms with Crippen LogP contribution >= 0.6 is 0 Å². The molecule has 3 heterocycles. The van der Waals surface area contributed by atoms with Gasteiger partial charge in [-0.1, -0.05) is 6.58 Å². The largest absolute Gasteiger partial charge is 0.338 e. The number of amides is 1. The zero-order chi connectivity index (χ0) is 19.7. The van der Waals surface area contributed by atoms with Gasteiger partial charge in [-0.25, -0.2) is 9.37 Å². The van der Waals surface area contributed by atoms with E-state index >= 15 is 0 Å². The van der Waals surface area contributed by atoms with Crippen molar-refractivity contribution in [2.24, 2.45) is 7.05 Å². The molecule has 3 aromatic rings. The van der Waals surface area contributed by atoms with Crippen molar-refractivity contribution in [3.05, 3.63) is 66.9 Å². The van der Waals surface area contributed by atoms with Crippen molar-refractivity contribution in [3.63, 3.8) is 0 Å². The van der Waals surface area contributed by atoms with Crippen LogP contribution in [-0.4, -0.2) is 43.6 Å². The normalized spacial score (nSPS) is 16.4. The van der Waals surface area contributed by atoms with Gasteiger partial charge in [-0.05, 0) is 42.8 Å². The first-order valence-corrected chi connectivity index (χ1v) is 9.09. The molecule has 7 heteroatoms. The van der Waals surface area contributed by atoms with Gasteiger partial charge in [0, 0.05) is 37.8 Å². The van der Waals surface area contributed by atoms with Crippen LogP contribution in [-0.2, 0) is 11.8 Å². The topological polar surface area (TPSA) is 63.9 Å². The van der Waals surface area contributed by atoms with Crippen LogP contribution in [0.5, 0.6) is 0 Å². The van der Waals surface area contributed by atoms with E-state index in [-0.39, 0.29) is 17.6 Å². The summed E-state index contributed by atoms with van der Waals surface area (Å²) in [6.45, 7) is 4.81. The van der Waals surface area contributed by atoms with Crippen LogP contribution < -0.4 is 0 Å². The van der Waals surface area contributed by atoms with Crippen molar-refractivity contribution < 1.29 is 9.18 Å². The summed E-state index contributed by atoms with van der Waals surface area (Å²) in [6.07, 6.45) is 5.70. The Morgan fingerprint density at radius 2 is 2.04 bits per heavy atom. The highest BCUT2D eigenvalue weighted by molar-refractivity contribution is 5.87. The first-order valence-electron chi connectivity index (χ1n) is 9.09. The fourth-order valence-electron chi connectivity index (χ4n) is 3.50. The third kappa shape index (κ3) is 3.43. The molecule has 0 saturated carbocycles. The average Bonchev–Trinajstić information content (AvgIpc) is 3.37. The van der Waals surface area contributed by atoms with E-state index in [1.54, 1.807) is 27.9 Å². The Balaban J connectivity index is 1.75. The number of aromatic nitrogens is 4. The van der Waals surface area contributed by atoms with Crippen molar-refractivity contribution in [2.45, 2.75) is 12.3 Å². The Hall–Kier alpha value is -3.35. The van der Waals surface area contributed by atoms with Crippen LogP contribution in [0, 0.1) is 5.82 Å². The molecule has 1 fully saturated rings. The van der Waals surface area contributed by atoms with E-state index in [0.29, 0.717) is 24.5 Å². The van der Waals surface area contributed by atoms with Crippen LogP contribution in [0.4, 0.5) is 4.39 Å².